The third-order valence-electron chi connectivity index (χ3n) is 1.81. The van der Waals surface area contributed by atoms with E-state index < -0.39 is 0 Å². The molecule has 1 rings (SSSR count). The van der Waals surface area contributed by atoms with Gasteiger partial charge >= 0.3 is 5.97 Å². The molecular formula is C11H10Br2O3. The van der Waals surface area contributed by atoms with Crippen molar-refractivity contribution in [3.63, 3.8) is 0 Å². The van der Waals surface area contributed by atoms with E-state index in [0.717, 1.165) is 4.47 Å². The summed E-state index contributed by atoms with van der Waals surface area (Å²) in [6.45, 7) is 3.47. The molecule has 0 aliphatic rings. The van der Waals surface area contributed by atoms with Crippen LogP contribution in [-0.2, 0) is 16.1 Å². The minimum Gasteiger partial charge on any atom is -0.506 e. The molecule has 0 radical (unpaired) electrons. The van der Waals surface area contributed by atoms with Crippen LogP contribution in [0.1, 0.15) is 12.0 Å². The molecule has 0 heterocycles. The van der Waals surface area contributed by atoms with Gasteiger partial charge < -0.3 is 9.84 Å². The molecule has 0 aliphatic carbocycles. The predicted octanol–water partition coefficient (Wildman–Crippen LogP) is 3.54. The Bertz CT molecular complexity index is 416. The third kappa shape index (κ3) is 3.64. The topological polar surface area (TPSA) is 46.5 Å². The van der Waals surface area contributed by atoms with Crippen molar-refractivity contribution in [1.29, 1.82) is 0 Å². The molecule has 0 spiro atoms. The number of aromatic hydroxyl groups is 1. The van der Waals surface area contributed by atoms with Crippen LogP contribution in [-0.4, -0.2) is 11.1 Å². The number of hydrogen-bond donors (Lipinski definition) is 1. The number of phenolic OH excluding ortho intramolecular Hbond substituents is 1. The first-order valence-corrected chi connectivity index (χ1v) is 6.06. The number of halogens is 2. The lowest BCUT2D eigenvalue weighted by Crippen LogP contribution is -2.03. The summed E-state index contributed by atoms with van der Waals surface area (Å²) in [6.07, 6.45) is 1.63. The average Bonchev–Trinajstić information content (AvgIpc) is 2.21. The van der Waals surface area contributed by atoms with Crippen molar-refractivity contribution in [2.24, 2.45) is 0 Å². The lowest BCUT2D eigenvalue weighted by atomic mass is 10.2. The quantitative estimate of drug-likeness (QED) is 0.668. The lowest BCUT2D eigenvalue weighted by Gasteiger charge is -2.08. The van der Waals surface area contributed by atoms with Gasteiger partial charge in [0.1, 0.15) is 12.4 Å². The van der Waals surface area contributed by atoms with Crippen LogP contribution < -0.4 is 0 Å². The molecule has 0 bridgehead atoms. The standard InChI is InChI=1S/C11H10Br2O3/c1-2-3-10(14)16-6-7-4-8(12)5-9(13)11(7)15/h2,4-5,15H,1,3,6H2. The van der Waals surface area contributed by atoms with Crippen LogP contribution in [0.3, 0.4) is 0 Å². The van der Waals surface area contributed by atoms with E-state index in [0.29, 0.717) is 10.0 Å². The van der Waals surface area contributed by atoms with Crippen molar-refractivity contribution in [3.8, 4) is 5.75 Å². The van der Waals surface area contributed by atoms with Gasteiger partial charge in [-0.15, -0.1) is 6.58 Å². The minimum atomic E-state index is -0.370. The van der Waals surface area contributed by atoms with Gasteiger partial charge in [-0.2, -0.15) is 0 Å². The van der Waals surface area contributed by atoms with Gasteiger partial charge in [0.2, 0.25) is 0 Å². The molecular weight excluding hydrogens is 340 g/mol. The zero-order chi connectivity index (χ0) is 12.1. The Balaban J connectivity index is 2.74. The molecule has 16 heavy (non-hydrogen) atoms. The average molecular weight is 350 g/mol. The van der Waals surface area contributed by atoms with Crippen LogP contribution in [0.15, 0.2) is 33.7 Å². The van der Waals surface area contributed by atoms with Gasteiger partial charge in [0, 0.05) is 10.0 Å². The van der Waals surface area contributed by atoms with Gasteiger partial charge in [0.05, 0.1) is 10.9 Å². The number of ether oxygens (including phenoxy) is 1. The number of carbonyl (C=O) groups is 1. The second kappa shape index (κ2) is 6.06. The summed E-state index contributed by atoms with van der Waals surface area (Å²) in [6, 6.07) is 3.41. The highest BCUT2D eigenvalue weighted by atomic mass is 79.9. The van der Waals surface area contributed by atoms with Gasteiger partial charge in [-0.3, -0.25) is 4.79 Å². The summed E-state index contributed by atoms with van der Waals surface area (Å²) in [4.78, 5) is 11.1. The fourth-order valence-corrected chi connectivity index (χ4v) is 2.38. The number of esters is 1. The Morgan fingerprint density at radius 3 is 2.81 bits per heavy atom. The van der Waals surface area contributed by atoms with Crippen LogP contribution in [0.2, 0.25) is 0 Å². The molecule has 1 aromatic carbocycles. The second-order valence-corrected chi connectivity index (χ2v) is 4.82. The first kappa shape index (κ1) is 13.3. The monoisotopic (exact) mass is 348 g/mol. The highest BCUT2D eigenvalue weighted by molar-refractivity contribution is 9.11. The summed E-state index contributed by atoms with van der Waals surface area (Å²) in [5, 5.41) is 9.69. The molecule has 86 valence electrons. The van der Waals surface area contributed by atoms with Gasteiger partial charge in [0.25, 0.3) is 0 Å². The number of rotatable bonds is 4. The van der Waals surface area contributed by atoms with Crippen LogP contribution in [0.5, 0.6) is 5.75 Å². The van der Waals surface area contributed by atoms with E-state index in [9.17, 15) is 9.90 Å². The Kier molecular flexibility index (Phi) is 5.02. The number of phenols is 1. The van der Waals surface area contributed by atoms with E-state index in [1.165, 1.54) is 6.08 Å². The van der Waals surface area contributed by atoms with E-state index in [-0.39, 0.29) is 24.7 Å². The summed E-state index contributed by atoms with van der Waals surface area (Å²) >= 11 is 6.49. The van der Waals surface area contributed by atoms with E-state index in [2.05, 4.69) is 38.4 Å². The predicted molar refractivity (Wildman–Crippen MR) is 68.1 cm³/mol. The van der Waals surface area contributed by atoms with E-state index in [1.807, 2.05) is 0 Å². The van der Waals surface area contributed by atoms with Gasteiger partial charge in [-0.05, 0) is 28.1 Å². The molecule has 0 aromatic heterocycles. The summed E-state index contributed by atoms with van der Waals surface area (Å²) in [5.41, 5.74) is 0.540. The summed E-state index contributed by atoms with van der Waals surface area (Å²) in [7, 11) is 0. The number of benzene rings is 1. The SMILES string of the molecule is C=CCC(=O)OCc1cc(Br)cc(Br)c1O. The lowest BCUT2D eigenvalue weighted by molar-refractivity contribution is -0.143. The second-order valence-electron chi connectivity index (χ2n) is 3.05. The minimum absolute atomic E-state index is 0.0382. The van der Waals surface area contributed by atoms with Crippen molar-refractivity contribution in [2.75, 3.05) is 0 Å². The maximum atomic E-state index is 11.1. The maximum Gasteiger partial charge on any atom is 0.309 e. The third-order valence-corrected chi connectivity index (χ3v) is 2.87. The smallest absolute Gasteiger partial charge is 0.309 e. The van der Waals surface area contributed by atoms with Crippen molar-refractivity contribution < 1.29 is 14.6 Å². The summed E-state index contributed by atoms with van der Waals surface area (Å²) in [5.74, 6) is -0.292. The highest BCUT2D eigenvalue weighted by Crippen LogP contribution is 2.32. The number of carbonyl (C=O) groups excluding carboxylic acids is 1. The maximum absolute atomic E-state index is 11.1. The molecule has 0 saturated heterocycles. The summed E-state index contributed by atoms with van der Waals surface area (Å²) < 4.78 is 6.30. The Morgan fingerprint density at radius 1 is 1.50 bits per heavy atom. The molecule has 0 amide bonds. The van der Waals surface area contributed by atoms with Crippen LogP contribution >= 0.6 is 31.9 Å². The van der Waals surface area contributed by atoms with Crippen molar-refractivity contribution in [3.05, 3.63) is 39.3 Å². The molecule has 5 heteroatoms. The highest BCUT2D eigenvalue weighted by Gasteiger charge is 2.09. The van der Waals surface area contributed by atoms with E-state index in [1.54, 1.807) is 12.1 Å². The molecule has 0 aliphatic heterocycles. The molecule has 1 N–H and O–H groups in total. The Labute approximate surface area is 110 Å². The van der Waals surface area contributed by atoms with Crippen LogP contribution in [0.4, 0.5) is 0 Å². The molecule has 1 aromatic rings. The zero-order valence-electron chi connectivity index (χ0n) is 8.37. The first-order valence-electron chi connectivity index (χ1n) is 4.48. The van der Waals surface area contributed by atoms with E-state index >= 15 is 0 Å². The van der Waals surface area contributed by atoms with Crippen molar-refractivity contribution in [2.45, 2.75) is 13.0 Å². The molecule has 3 nitrogen and oxygen atoms in total. The Morgan fingerprint density at radius 2 is 2.19 bits per heavy atom. The van der Waals surface area contributed by atoms with Crippen LogP contribution in [0, 0.1) is 0 Å². The van der Waals surface area contributed by atoms with Crippen molar-refractivity contribution in [1.82, 2.24) is 0 Å². The van der Waals surface area contributed by atoms with Crippen LogP contribution in [0.25, 0.3) is 0 Å². The first-order chi connectivity index (χ1) is 7.54. The molecule has 0 atom stereocenters. The number of hydrogen-bond acceptors (Lipinski definition) is 3. The van der Waals surface area contributed by atoms with Crippen molar-refractivity contribution >= 4 is 37.8 Å². The largest absolute Gasteiger partial charge is 0.506 e. The fraction of sp³-hybridized carbons (Fsp3) is 0.182. The molecule has 0 unspecified atom stereocenters. The normalized spacial score (nSPS) is 9.88. The zero-order valence-corrected chi connectivity index (χ0v) is 11.5. The fourth-order valence-electron chi connectivity index (χ4n) is 1.06. The molecule has 0 fully saturated rings. The van der Waals surface area contributed by atoms with E-state index in [4.69, 9.17) is 4.74 Å². The van der Waals surface area contributed by atoms with Gasteiger partial charge in [0.15, 0.2) is 0 Å². The Hall–Kier alpha value is -0.810. The molecule has 0 saturated carbocycles. The van der Waals surface area contributed by atoms with Gasteiger partial charge in [-0.1, -0.05) is 22.0 Å². The van der Waals surface area contributed by atoms with Gasteiger partial charge in [-0.25, -0.2) is 0 Å².